The van der Waals surface area contributed by atoms with Gasteiger partial charge >= 0.3 is 0 Å². The third-order valence-corrected chi connectivity index (χ3v) is 5.38. The Morgan fingerprint density at radius 3 is 2.81 bits per heavy atom. The molecular formula is C18H21N3O4S. The minimum Gasteiger partial charge on any atom is -0.478 e. The van der Waals surface area contributed by atoms with Crippen LogP contribution in [0.1, 0.15) is 31.9 Å². The molecule has 1 aromatic carbocycles. The molecule has 0 radical (unpaired) electrons. The molecule has 1 aliphatic rings. The molecule has 2 aromatic rings. The second-order valence-electron chi connectivity index (χ2n) is 6.17. The van der Waals surface area contributed by atoms with E-state index >= 15 is 0 Å². The molecule has 1 atom stereocenters. The first-order chi connectivity index (χ1) is 12.4. The molecule has 26 heavy (non-hydrogen) atoms. The Bertz CT molecular complexity index is 928. The lowest BCUT2D eigenvalue weighted by Gasteiger charge is -2.26. The van der Waals surface area contributed by atoms with E-state index in [9.17, 15) is 13.2 Å². The fraction of sp³-hybridized carbons (Fsp3) is 0.333. The Balaban J connectivity index is 1.82. The number of benzene rings is 1. The predicted molar refractivity (Wildman–Crippen MR) is 98.8 cm³/mol. The monoisotopic (exact) mass is 375 g/mol. The van der Waals surface area contributed by atoms with Crippen molar-refractivity contribution >= 4 is 27.4 Å². The van der Waals surface area contributed by atoms with Gasteiger partial charge in [-0.1, -0.05) is 19.4 Å². The van der Waals surface area contributed by atoms with Crippen molar-refractivity contribution in [1.82, 2.24) is 4.98 Å². The van der Waals surface area contributed by atoms with Gasteiger partial charge < -0.3 is 10.1 Å². The molecule has 138 valence electrons. The van der Waals surface area contributed by atoms with Crippen LogP contribution in [0.25, 0.3) is 0 Å². The molecule has 0 aliphatic carbocycles. The molecule has 1 amide bonds. The fourth-order valence-electron chi connectivity index (χ4n) is 2.67. The lowest BCUT2D eigenvalue weighted by atomic mass is 10.1. The van der Waals surface area contributed by atoms with Crippen LogP contribution in [-0.4, -0.2) is 25.4 Å². The van der Waals surface area contributed by atoms with Crippen molar-refractivity contribution in [2.45, 2.75) is 44.1 Å². The van der Waals surface area contributed by atoms with Crippen LogP contribution in [-0.2, 0) is 14.8 Å². The summed E-state index contributed by atoms with van der Waals surface area (Å²) in [7, 11) is -3.83. The summed E-state index contributed by atoms with van der Waals surface area (Å²) in [4.78, 5) is 16.3. The quantitative estimate of drug-likeness (QED) is 0.809. The van der Waals surface area contributed by atoms with Crippen LogP contribution in [0.2, 0.25) is 0 Å². The lowest BCUT2D eigenvalue weighted by Crippen LogP contribution is -2.37. The molecule has 0 bridgehead atoms. The van der Waals surface area contributed by atoms with Crippen molar-refractivity contribution < 1.29 is 17.9 Å². The first-order valence-corrected chi connectivity index (χ1v) is 9.95. The molecule has 0 spiro atoms. The van der Waals surface area contributed by atoms with E-state index in [4.69, 9.17) is 4.74 Å². The molecule has 2 heterocycles. The number of nitrogens with one attached hydrogen (secondary N) is 2. The van der Waals surface area contributed by atoms with E-state index in [0.29, 0.717) is 23.6 Å². The van der Waals surface area contributed by atoms with Gasteiger partial charge in [-0.2, -0.15) is 0 Å². The van der Waals surface area contributed by atoms with Crippen molar-refractivity contribution in [3.05, 3.63) is 42.1 Å². The molecule has 1 unspecified atom stereocenters. The largest absolute Gasteiger partial charge is 0.478 e. The van der Waals surface area contributed by atoms with E-state index in [1.807, 2.05) is 6.92 Å². The average molecular weight is 375 g/mol. The summed E-state index contributed by atoms with van der Waals surface area (Å²) in [5, 5.41) is 2.73. The number of sulfonamides is 1. The standard InChI is InChI=1S/C18H21N3O4S/c1-3-4-7-16-18(22)20-14-11-13(9-10-15(14)25-16)26(23,24)21-17-8-5-6-12(2)19-17/h5-6,8-11,16H,3-4,7H2,1-2H3,(H,19,21)(H,20,22). The van der Waals surface area contributed by atoms with E-state index in [-0.39, 0.29) is 16.6 Å². The van der Waals surface area contributed by atoms with Crippen LogP contribution in [0.3, 0.4) is 0 Å². The molecule has 0 saturated heterocycles. The summed E-state index contributed by atoms with van der Waals surface area (Å²) in [6.45, 7) is 3.82. The summed E-state index contributed by atoms with van der Waals surface area (Å²) in [5.41, 5.74) is 1.05. The number of unbranched alkanes of at least 4 members (excludes halogenated alkanes) is 1. The minimum absolute atomic E-state index is 0.0236. The Kier molecular flexibility index (Phi) is 5.13. The maximum Gasteiger partial charge on any atom is 0.265 e. The molecule has 1 aliphatic heterocycles. The number of nitrogens with zero attached hydrogens (tertiary/aromatic N) is 1. The number of hydrogen-bond acceptors (Lipinski definition) is 5. The number of aryl methyl sites for hydroxylation is 1. The van der Waals surface area contributed by atoms with E-state index in [0.717, 1.165) is 12.8 Å². The average Bonchev–Trinajstić information content (AvgIpc) is 2.59. The number of hydrogen-bond donors (Lipinski definition) is 2. The second-order valence-corrected chi connectivity index (χ2v) is 7.85. The summed E-state index contributed by atoms with van der Waals surface area (Å²) in [6.07, 6.45) is 1.94. The molecule has 0 saturated carbocycles. The second kappa shape index (κ2) is 7.33. The van der Waals surface area contributed by atoms with Gasteiger partial charge in [0.05, 0.1) is 10.6 Å². The number of carbonyl (C=O) groups is 1. The zero-order valence-corrected chi connectivity index (χ0v) is 15.5. The summed E-state index contributed by atoms with van der Waals surface area (Å²) < 4.78 is 33.3. The lowest BCUT2D eigenvalue weighted by molar-refractivity contribution is -0.123. The Labute approximate surface area is 152 Å². The maximum absolute atomic E-state index is 12.6. The normalized spacial score (nSPS) is 16.4. The van der Waals surface area contributed by atoms with Crippen LogP contribution >= 0.6 is 0 Å². The van der Waals surface area contributed by atoms with Crippen LogP contribution in [0.15, 0.2) is 41.3 Å². The smallest absolute Gasteiger partial charge is 0.265 e. The fourth-order valence-corrected chi connectivity index (χ4v) is 3.70. The third-order valence-electron chi connectivity index (χ3n) is 4.03. The molecule has 1 aromatic heterocycles. The van der Waals surface area contributed by atoms with Gasteiger partial charge in [0, 0.05) is 5.69 Å². The number of rotatable bonds is 6. The van der Waals surface area contributed by atoms with Crippen LogP contribution in [0.5, 0.6) is 5.75 Å². The highest BCUT2D eigenvalue weighted by molar-refractivity contribution is 7.92. The van der Waals surface area contributed by atoms with Crippen LogP contribution < -0.4 is 14.8 Å². The van der Waals surface area contributed by atoms with Crippen molar-refractivity contribution in [2.75, 3.05) is 10.0 Å². The van der Waals surface area contributed by atoms with Crippen LogP contribution in [0.4, 0.5) is 11.5 Å². The topological polar surface area (TPSA) is 97.4 Å². The summed E-state index contributed by atoms with van der Waals surface area (Å²) in [5.74, 6) is 0.453. The van der Waals surface area contributed by atoms with Crippen molar-refractivity contribution in [3.8, 4) is 5.75 Å². The van der Waals surface area contributed by atoms with E-state index in [2.05, 4.69) is 15.0 Å². The number of ether oxygens (including phenoxy) is 1. The molecule has 7 nitrogen and oxygen atoms in total. The Hall–Kier alpha value is -2.61. The van der Waals surface area contributed by atoms with Gasteiger partial charge in [-0.3, -0.25) is 9.52 Å². The number of pyridine rings is 1. The van der Waals surface area contributed by atoms with Gasteiger partial charge in [0.25, 0.3) is 15.9 Å². The van der Waals surface area contributed by atoms with Gasteiger partial charge in [0.1, 0.15) is 11.6 Å². The third kappa shape index (κ3) is 3.96. The first kappa shape index (κ1) is 18.2. The van der Waals surface area contributed by atoms with E-state index in [1.54, 1.807) is 31.2 Å². The highest BCUT2D eigenvalue weighted by atomic mass is 32.2. The maximum atomic E-state index is 12.6. The number of fused-ring (bicyclic) bond motifs is 1. The number of anilines is 2. The molecule has 2 N–H and O–H groups in total. The number of amides is 1. The van der Waals surface area contributed by atoms with Gasteiger partial charge in [0.15, 0.2) is 6.10 Å². The van der Waals surface area contributed by atoms with Gasteiger partial charge in [-0.25, -0.2) is 13.4 Å². The number of aromatic nitrogens is 1. The zero-order valence-electron chi connectivity index (χ0n) is 14.7. The Morgan fingerprint density at radius 1 is 1.27 bits per heavy atom. The van der Waals surface area contributed by atoms with Crippen molar-refractivity contribution in [1.29, 1.82) is 0 Å². The molecular weight excluding hydrogens is 354 g/mol. The van der Waals surface area contributed by atoms with Gasteiger partial charge in [0.2, 0.25) is 0 Å². The van der Waals surface area contributed by atoms with Gasteiger partial charge in [-0.05, 0) is 50.1 Å². The van der Waals surface area contributed by atoms with Crippen LogP contribution in [0, 0.1) is 6.92 Å². The van der Waals surface area contributed by atoms with E-state index in [1.165, 1.54) is 12.1 Å². The SMILES string of the molecule is CCCCC1Oc2ccc(S(=O)(=O)Nc3cccc(C)n3)cc2NC1=O. The highest BCUT2D eigenvalue weighted by Gasteiger charge is 2.28. The minimum atomic E-state index is -3.83. The molecule has 0 fully saturated rings. The predicted octanol–water partition coefficient (Wildman–Crippen LogP) is 3.08. The van der Waals surface area contributed by atoms with Gasteiger partial charge in [-0.15, -0.1) is 0 Å². The zero-order chi connectivity index (χ0) is 18.7. The number of carbonyl (C=O) groups excluding carboxylic acids is 1. The van der Waals surface area contributed by atoms with Crippen molar-refractivity contribution in [3.63, 3.8) is 0 Å². The molecule has 3 rings (SSSR count). The Morgan fingerprint density at radius 2 is 2.08 bits per heavy atom. The summed E-state index contributed by atoms with van der Waals surface area (Å²) in [6, 6.07) is 9.47. The summed E-state index contributed by atoms with van der Waals surface area (Å²) >= 11 is 0. The van der Waals surface area contributed by atoms with Crippen molar-refractivity contribution in [2.24, 2.45) is 0 Å². The van der Waals surface area contributed by atoms with E-state index < -0.39 is 16.1 Å². The highest BCUT2D eigenvalue weighted by Crippen LogP contribution is 2.33. The first-order valence-electron chi connectivity index (χ1n) is 8.47. The molecule has 8 heteroatoms.